The van der Waals surface area contributed by atoms with Crippen molar-refractivity contribution in [3.05, 3.63) is 24.3 Å². The molecule has 0 aromatic heterocycles. The van der Waals surface area contributed by atoms with Crippen LogP contribution in [0.2, 0.25) is 0 Å². The highest BCUT2D eigenvalue weighted by Gasteiger charge is 2.19. The van der Waals surface area contributed by atoms with E-state index in [-0.39, 0.29) is 0 Å². The van der Waals surface area contributed by atoms with E-state index in [9.17, 15) is 0 Å². The maximum absolute atomic E-state index is 5.46. The summed E-state index contributed by atoms with van der Waals surface area (Å²) in [5, 5.41) is 3.71. The Bertz CT molecular complexity index is 435. The molecule has 0 radical (unpaired) electrons. The molecule has 1 saturated heterocycles. The highest BCUT2D eigenvalue weighted by molar-refractivity contribution is 5.70. The normalized spacial score (nSPS) is 26.6. The largest absolute Gasteiger partial charge is 0.383 e. The predicted molar refractivity (Wildman–Crippen MR) is 89.1 cm³/mol. The van der Waals surface area contributed by atoms with E-state index >= 15 is 0 Å². The van der Waals surface area contributed by atoms with Gasteiger partial charge in [0.05, 0.1) is 24.6 Å². The molecule has 0 spiro atoms. The zero-order valence-electron chi connectivity index (χ0n) is 13.2. The molecule has 3 rings (SSSR count). The van der Waals surface area contributed by atoms with Crippen molar-refractivity contribution in [2.45, 2.75) is 32.6 Å². The molecule has 1 heterocycles. The Balaban J connectivity index is 1.59. The standard InChI is InChI=1S/C18H28N2O/c1-15-6-8-16(9-7-15)14-19-17-4-2-3-5-18(17)20-10-12-21-13-11-20/h2-5,15-16,19H,6-14H2,1H3. The minimum atomic E-state index is 0.842. The predicted octanol–water partition coefficient (Wildman–Crippen LogP) is 3.76. The van der Waals surface area contributed by atoms with Crippen LogP contribution in [-0.4, -0.2) is 32.8 Å². The summed E-state index contributed by atoms with van der Waals surface area (Å²) in [4.78, 5) is 2.44. The fraction of sp³-hybridized carbons (Fsp3) is 0.667. The lowest BCUT2D eigenvalue weighted by Gasteiger charge is -2.31. The van der Waals surface area contributed by atoms with Crippen molar-refractivity contribution in [1.82, 2.24) is 0 Å². The number of rotatable bonds is 4. The van der Waals surface area contributed by atoms with Gasteiger partial charge in [0.2, 0.25) is 0 Å². The van der Waals surface area contributed by atoms with Crippen molar-refractivity contribution < 1.29 is 4.74 Å². The van der Waals surface area contributed by atoms with Gasteiger partial charge >= 0.3 is 0 Å². The molecule has 1 aromatic rings. The first-order valence-electron chi connectivity index (χ1n) is 8.48. The topological polar surface area (TPSA) is 24.5 Å². The second kappa shape index (κ2) is 7.17. The van der Waals surface area contributed by atoms with E-state index < -0.39 is 0 Å². The van der Waals surface area contributed by atoms with Crippen molar-refractivity contribution >= 4 is 11.4 Å². The first-order valence-corrected chi connectivity index (χ1v) is 8.48. The smallest absolute Gasteiger partial charge is 0.0642 e. The number of nitrogens with one attached hydrogen (secondary N) is 1. The van der Waals surface area contributed by atoms with Crippen LogP contribution in [-0.2, 0) is 4.74 Å². The van der Waals surface area contributed by atoms with Crippen molar-refractivity contribution in [3.8, 4) is 0 Å². The quantitative estimate of drug-likeness (QED) is 0.913. The molecule has 3 heteroatoms. The number of hydrogen-bond donors (Lipinski definition) is 1. The molecule has 2 fully saturated rings. The highest BCUT2D eigenvalue weighted by Crippen LogP contribution is 2.30. The van der Waals surface area contributed by atoms with Gasteiger partial charge in [-0.25, -0.2) is 0 Å². The van der Waals surface area contributed by atoms with Gasteiger partial charge in [0.15, 0.2) is 0 Å². The Morgan fingerprint density at radius 1 is 1.10 bits per heavy atom. The fourth-order valence-corrected chi connectivity index (χ4v) is 3.49. The zero-order chi connectivity index (χ0) is 14.5. The lowest BCUT2D eigenvalue weighted by atomic mass is 9.83. The van der Waals surface area contributed by atoms with Gasteiger partial charge in [-0.15, -0.1) is 0 Å². The summed E-state index contributed by atoms with van der Waals surface area (Å²) in [6.45, 7) is 7.19. The summed E-state index contributed by atoms with van der Waals surface area (Å²) in [5.74, 6) is 1.78. The van der Waals surface area contributed by atoms with Gasteiger partial charge < -0.3 is 15.0 Å². The third-order valence-corrected chi connectivity index (χ3v) is 4.97. The Morgan fingerprint density at radius 2 is 1.81 bits per heavy atom. The number of para-hydroxylation sites is 2. The van der Waals surface area contributed by atoms with Crippen molar-refractivity contribution in [3.63, 3.8) is 0 Å². The SMILES string of the molecule is CC1CCC(CNc2ccccc2N2CCOCC2)CC1. The van der Waals surface area contributed by atoms with Gasteiger partial charge in [0, 0.05) is 19.6 Å². The Morgan fingerprint density at radius 3 is 2.57 bits per heavy atom. The average molecular weight is 288 g/mol. The van der Waals surface area contributed by atoms with Crippen molar-refractivity contribution in [2.75, 3.05) is 43.1 Å². The van der Waals surface area contributed by atoms with Crippen LogP contribution in [0.1, 0.15) is 32.6 Å². The Kier molecular flexibility index (Phi) is 5.02. The fourth-order valence-electron chi connectivity index (χ4n) is 3.49. The number of hydrogen-bond acceptors (Lipinski definition) is 3. The van der Waals surface area contributed by atoms with Gasteiger partial charge in [-0.2, -0.15) is 0 Å². The zero-order valence-corrected chi connectivity index (χ0v) is 13.2. The van der Waals surface area contributed by atoms with Crippen LogP contribution in [0.3, 0.4) is 0 Å². The molecule has 0 atom stereocenters. The monoisotopic (exact) mass is 288 g/mol. The van der Waals surface area contributed by atoms with Gasteiger partial charge in [-0.3, -0.25) is 0 Å². The van der Waals surface area contributed by atoms with E-state index in [0.29, 0.717) is 0 Å². The van der Waals surface area contributed by atoms with E-state index in [4.69, 9.17) is 4.74 Å². The molecule has 0 bridgehead atoms. The summed E-state index contributed by atoms with van der Waals surface area (Å²) >= 11 is 0. The molecular weight excluding hydrogens is 260 g/mol. The maximum Gasteiger partial charge on any atom is 0.0642 e. The molecule has 2 aliphatic rings. The van der Waals surface area contributed by atoms with Gasteiger partial charge in [-0.1, -0.05) is 31.9 Å². The second-order valence-corrected chi connectivity index (χ2v) is 6.62. The molecule has 0 unspecified atom stereocenters. The molecule has 1 aliphatic carbocycles. The molecule has 116 valence electrons. The molecule has 1 aliphatic heterocycles. The van der Waals surface area contributed by atoms with E-state index in [1.54, 1.807) is 0 Å². The number of morpholine rings is 1. The minimum Gasteiger partial charge on any atom is -0.383 e. The van der Waals surface area contributed by atoms with Crippen molar-refractivity contribution in [1.29, 1.82) is 0 Å². The number of nitrogens with zero attached hydrogens (tertiary/aromatic N) is 1. The molecule has 21 heavy (non-hydrogen) atoms. The molecule has 1 saturated carbocycles. The van der Waals surface area contributed by atoms with Gasteiger partial charge in [0.25, 0.3) is 0 Å². The molecule has 3 nitrogen and oxygen atoms in total. The number of ether oxygens (including phenoxy) is 1. The van der Waals surface area contributed by atoms with Crippen LogP contribution < -0.4 is 10.2 Å². The molecular formula is C18H28N2O. The number of anilines is 2. The van der Waals surface area contributed by atoms with Crippen LogP contribution in [0.25, 0.3) is 0 Å². The summed E-state index contributed by atoms with van der Waals surface area (Å²) in [7, 11) is 0. The van der Waals surface area contributed by atoms with Crippen LogP contribution in [0.15, 0.2) is 24.3 Å². The van der Waals surface area contributed by atoms with E-state index in [1.807, 2.05) is 0 Å². The molecule has 1 aromatic carbocycles. The van der Waals surface area contributed by atoms with Crippen LogP contribution in [0.4, 0.5) is 11.4 Å². The summed E-state index contributed by atoms with van der Waals surface area (Å²) in [6, 6.07) is 8.72. The highest BCUT2D eigenvalue weighted by atomic mass is 16.5. The summed E-state index contributed by atoms with van der Waals surface area (Å²) in [5.41, 5.74) is 2.63. The lowest BCUT2D eigenvalue weighted by Crippen LogP contribution is -2.36. The van der Waals surface area contributed by atoms with E-state index in [0.717, 1.165) is 44.7 Å². The summed E-state index contributed by atoms with van der Waals surface area (Å²) < 4.78 is 5.46. The van der Waals surface area contributed by atoms with E-state index in [1.165, 1.54) is 37.1 Å². The minimum absolute atomic E-state index is 0.842. The second-order valence-electron chi connectivity index (χ2n) is 6.62. The van der Waals surface area contributed by atoms with Gasteiger partial charge in [-0.05, 0) is 36.8 Å². The van der Waals surface area contributed by atoms with E-state index in [2.05, 4.69) is 41.4 Å². The lowest BCUT2D eigenvalue weighted by molar-refractivity contribution is 0.123. The third kappa shape index (κ3) is 3.91. The first-order chi connectivity index (χ1) is 10.3. The van der Waals surface area contributed by atoms with Gasteiger partial charge in [0.1, 0.15) is 0 Å². The summed E-state index contributed by atoms with van der Waals surface area (Å²) in [6.07, 6.45) is 5.57. The Labute approximate surface area is 128 Å². The molecule has 0 amide bonds. The average Bonchev–Trinajstić information content (AvgIpc) is 2.55. The first kappa shape index (κ1) is 14.7. The van der Waals surface area contributed by atoms with Crippen LogP contribution in [0, 0.1) is 11.8 Å². The number of benzene rings is 1. The van der Waals surface area contributed by atoms with Crippen LogP contribution in [0.5, 0.6) is 0 Å². The maximum atomic E-state index is 5.46. The van der Waals surface area contributed by atoms with Crippen LogP contribution >= 0.6 is 0 Å². The Hall–Kier alpha value is -1.22. The molecule has 1 N–H and O–H groups in total. The van der Waals surface area contributed by atoms with Crippen molar-refractivity contribution in [2.24, 2.45) is 11.8 Å². The third-order valence-electron chi connectivity index (χ3n) is 4.97.